The van der Waals surface area contributed by atoms with Crippen molar-refractivity contribution in [3.05, 3.63) is 0 Å². The minimum atomic E-state index is -3.05. The van der Waals surface area contributed by atoms with Crippen LogP contribution in [0.1, 0.15) is 39.5 Å². The number of amides is 2. The predicted molar refractivity (Wildman–Crippen MR) is 87.2 cm³/mol. The molecule has 0 aliphatic carbocycles. The van der Waals surface area contributed by atoms with Gasteiger partial charge in [-0.15, -0.1) is 5.06 Å². The molecule has 0 aromatic rings. The zero-order valence-electron chi connectivity index (χ0n) is 13.4. The number of hydrogen-bond donors (Lipinski definition) is 0. The number of imide groups is 1. The maximum Gasteiger partial charge on any atom is 0.334 e. The van der Waals surface area contributed by atoms with Crippen molar-refractivity contribution in [2.45, 2.75) is 39.5 Å². The van der Waals surface area contributed by atoms with Gasteiger partial charge in [-0.2, -0.15) is 11.8 Å². The molecule has 1 saturated heterocycles. The molecule has 0 aromatic carbocycles. The number of sulfone groups is 1. The first-order valence-electron chi connectivity index (χ1n) is 7.56. The molecule has 1 aliphatic rings. The minimum Gasteiger partial charge on any atom is -0.330 e. The Labute approximate surface area is 141 Å². The van der Waals surface area contributed by atoms with Crippen LogP contribution >= 0.6 is 11.8 Å². The molecular formula is C14H23NO6S2. The van der Waals surface area contributed by atoms with Crippen LogP contribution in [0.2, 0.25) is 0 Å². The fraction of sp³-hybridized carbons (Fsp3) is 0.786. The second kappa shape index (κ2) is 9.27. The molecule has 0 bridgehead atoms. The topological polar surface area (TPSA) is 97.8 Å². The van der Waals surface area contributed by atoms with E-state index >= 15 is 0 Å². The Morgan fingerprint density at radius 1 is 1.17 bits per heavy atom. The molecule has 0 aromatic heterocycles. The Balaban J connectivity index is 2.16. The second-order valence-electron chi connectivity index (χ2n) is 5.74. The van der Waals surface area contributed by atoms with Crippen molar-refractivity contribution in [3.63, 3.8) is 0 Å². The van der Waals surface area contributed by atoms with Gasteiger partial charge in [0.2, 0.25) is 0 Å². The normalized spacial score (nSPS) is 15.5. The Morgan fingerprint density at radius 3 is 2.35 bits per heavy atom. The average Bonchev–Trinajstić information content (AvgIpc) is 2.77. The monoisotopic (exact) mass is 365 g/mol. The molecule has 7 nitrogen and oxygen atoms in total. The van der Waals surface area contributed by atoms with Gasteiger partial charge in [0.25, 0.3) is 11.8 Å². The fourth-order valence-electron chi connectivity index (χ4n) is 1.77. The van der Waals surface area contributed by atoms with Gasteiger partial charge in [-0.05, 0) is 12.3 Å². The highest BCUT2D eigenvalue weighted by atomic mass is 32.2. The summed E-state index contributed by atoms with van der Waals surface area (Å²) >= 11 is 1.33. The summed E-state index contributed by atoms with van der Waals surface area (Å²) in [6.45, 7) is 3.96. The van der Waals surface area contributed by atoms with Crippen LogP contribution in [0.3, 0.4) is 0 Å². The Hall–Kier alpha value is -1.09. The van der Waals surface area contributed by atoms with Gasteiger partial charge in [-0.3, -0.25) is 9.59 Å². The van der Waals surface area contributed by atoms with Gasteiger partial charge in [0.05, 0.1) is 17.9 Å². The summed E-state index contributed by atoms with van der Waals surface area (Å²) in [5, 5.41) is 0.517. The summed E-state index contributed by atoms with van der Waals surface area (Å²) in [7, 11) is -3.05. The van der Waals surface area contributed by atoms with Crippen LogP contribution in [0.25, 0.3) is 0 Å². The third-order valence-electron chi connectivity index (χ3n) is 3.19. The lowest BCUT2D eigenvalue weighted by Crippen LogP contribution is -2.32. The molecular weight excluding hydrogens is 342 g/mol. The van der Waals surface area contributed by atoms with Gasteiger partial charge in [-0.25, -0.2) is 13.2 Å². The molecule has 23 heavy (non-hydrogen) atoms. The molecule has 0 radical (unpaired) electrons. The Morgan fingerprint density at radius 2 is 1.78 bits per heavy atom. The molecule has 0 N–H and O–H groups in total. The molecule has 1 fully saturated rings. The lowest BCUT2D eigenvalue weighted by Gasteiger charge is -2.12. The molecule has 1 aliphatic heterocycles. The van der Waals surface area contributed by atoms with Crippen molar-refractivity contribution in [2.75, 3.05) is 23.0 Å². The summed E-state index contributed by atoms with van der Waals surface area (Å²) in [6.07, 6.45) is 0.801. The SMILES string of the molecule is CC(C)CCS(=O)(=O)CCSCCC(=O)ON1C(=O)CCC1=O. The third-order valence-corrected chi connectivity index (χ3v) is 6.12. The minimum absolute atomic E-state index is 0.0216. The summed E-state index contributed by atoms with van der Waals surface area (Å²) in [4.78, 5) is 38.8. The fourth-order valence-corrected chi connectivity index (χ4v) is 4.80. The molecule has 0 atom stereocenters. The van der Waals surface area contributed by atoms with Crippen LogP contribution in [0.5, 0.6) is 0 Å². The number of hydrogen-bond acceptors (Lipinski definition) is 7. The van der Waals surface area contributed by atoms with E-state index < -0.39 is 27.6 Å². The van der Waals surface area contributed by atoms with Gasteiger partial charge in [0.1, 0.15) is 0 Å². The highest BCUT2D eigenvalue weighted by Crippen LogP contribution is 2.13. The van der Waals surface area contributed by atoms with Crippen LogP contribution in [-0.4, -0.2) is 54.3 Å². The van der Waals surface area contributed by atoms with E-state index in [4.69, 9.17) is 4.84 Å². The van der Waals surface area contributed by atoms with Gasteiger partial charge in [0.15, 0.2) is 9.84 Å². The zero-order chi connectivity index (χ0) is 17.5. The molecule has 132 valence electrons. The lowest BCUT2D eigenvalue weighted by molar-refractivity contribution is -0.197. The second-order valence-corrected chi connectivity index (χ2v) is 9.27. The van der Waals surface area contributed by atoms with Crippen molar-refractivity contribution < 1.29 is 27.6 Å². The molecule has 1 rings (SSSR count). The largest absolute Gasteiger partial charge is 0.334 e. The molecule has 9 heteroatoms. The summed E-state index contributed by atoms with van der Waals surface area (Å²) < 4.78 is 23.5. The van der Waals surface area contributed by atoms with Crippen molar-refractivity contribution in [3.8, 4) is 0 Å². The van der Waals surface area contributed by atoms with E-state index in [1.54, 1.807) is 0 Å². The van der Waals surface area contributed by atoms with Gasteiger partial charge in [0, 0.05) is 24.3 Å². The number of rotatable bonds is 10. The standard InChI is InChI=1S/C14H23NO6S2/c1-11(2)6-9-23(19,20)10-8-22-7-5-14(18)21-15-12(16)3-4-13(15)17/h11H,3-10H2,1-2H3. The van der Waals surface area contributed by atoms with Crippen LogP contribution in [0, 0.1) is 5.92 Å². The quantitative estimate of drug-likeness (QED) is 0.423. The number of thioether (sulfide) groups is 1. The summed E-state index contributed by atoms with van der Waals surface area (Å²) in [5.74, 6) is -0.259. The van der Waals surface area contributed by atoms with Gasteiger partial charge >= 0.3 is 5.97 Å². The van der Waals surface area contributed by atoms with Gasteiger partial charge < -0.3 is 4.84 Å². The lowest BCUT2D eigenvalue weighted by atomic mass is 10.2. The van der Waals surface area contributed by atoms with E-state index in [0.29, 0.717) is 28.9 Å². The maximum absolute atomic E-state index is 11.7. The third kappa shape index (κ3) is 7.83. The van der Waals surface area contributed by atoms with E-state index in [-0.39, 0.29) is 30.8 Å². The first kappa shape index (κ1) is 20.0. The molecule has 0 unspecified atom stereocenters. The van der Waals surface area contributed by atoms with E-state index in [2.05, 4.69) is 0 Å². The smallest absolute Gasteiger partial charge is 0.330 e. The van der Waals surface area contributed by atoms with Gasteiger partial charge in [-0.1, -0.05) is 13.8 Å². The molecule has 0 spiro atoms. The first-order valence-corrected chi connectivity index (χ1v) is 10.5. The van der Waals surface area contributed by atoms with Crippen molar-refractivity contribution >= 4 is 39.4 Å². The summed E-state index contributed by atoms with van der Waals surface area (Å²) in [6, 6.07) is 0. The molecule has 2 amide bonds. The van der Waals surface area contributed by atoms with Crippen molar-refractivity contribution in [1.82, 2.24) is 5.06 Å². The molecule has 0 saturated carbocycles. The van der Waals surface area contributed by atoms with E-state index in [1.807, 2.05) is 13.8 Å². The first-order chi connectivity index (χ1) is 10.7. The Kier molecular flexibility index (Phi) is 8.04. The van der Waals surface area contributed by atoms with E-state index in [1.165, 1.54) is 11.8 Å². The van der Waals surface area contributed by atoms with Crippen LogP contribution < -0.4 is 0 Å². The molecule has 1 heterocycles. The van der Waals surface area contributed by atoms with Crippen LogP contribution in [-0.2, 0) is 29.1 Å². The average molecular weight is 365 g/mol. The van der Waals surface area contributed by atoms with Crippen molar-refractivity contribution in [1.29, 1.82) is 0 Å². The van der Waals surface area contributed by atoms with Crippen LogP contribution in [0.15, 0.2) is 0 Å². The van der Waals surface area contributed by atoms with E-state index in [9.17, 15) is 22.8 Å². The summed E-state index contributed by atoms with van der Waals surface area (Å²) in [5.41, 5.74) is 0. The predicted octanol–water partition coefficient (Wildman–Crippen LogP) is 1.18. The number of nitrogens with zero attached hydrogens (tertiary/aromatic N) is 1. The highest BCUT2D eigenvalue weighted by molar-refractivity contribution is 8.00. The number of hydroxylamine groups is 2. The number of carbonyl (C=O) groups is 3. The van der Waals surface area contributed by atoms with Crippen molar-refractivity contribution in [2.24, 2.45) is 5.92 Å². The van der Waals surface area contributed by atoms with Crippen LogP contribution in [0.4, 0.5) is 0 Å². The highest BCUT2D eigenvalue weighted by Gasteiger charge is 2.32. The number of carbonyl (C=O) groups excluding carboxylic acids is 3. The Bertz CT molecular complexity index is 527. The van der Waals surface area contributed by atoms with E-state index in [0.717, 1.165) is 0 Å². The maximum atomic E-state index is 11.7. The zero-order valence-corrected chi connectivity index (χ0v) is 15.1.